The monoisotopic (exact) mass is 477 g/mol. The van der Waals surface area contributed by atoms with E-state index in [9.17, 15) is 14.4 Å². The molecule has 2 fully saturated rings. The van der Waals surface area contributed by atoms with Gasteiger partial charge in [0.15, 0.2) is 0 Å². The lowest BCUT2D eigenvalue weighted by Gasteiger charge is -2.26. The summed E-state index contributed by atoms with van der Waals surface area (Å²) in [6.45, 7) is 7.11. The van der Waals surface area contributed by atoms with Gasteiger partial charge < -0.3 is 25.0 Å². The van der Waals surface area contributed by atoms with Crippen molar-refractivity contribution < 1.29 is 23.9 Å². The second-order valence-electron chi connectivity index (χ2n) is 10.5. The first-order valence-electron chi connectivity index (χ1n) is 12.0. The molecule has 2 heterocycles. The number of fused-ring (bicyclic) bond motifs is 2. The normalized spacial score (nSPS) is 24.2. The Hall–Kier alpha value is -3.55. The second kappa shape index (κ2) is 8.59. The third-order valence-corrected chi connectivity index (χ3v) is 6.97. The van der Waals surface area contributed by atoms with E-state index in [4.69, 9.17) is 9.47 Å². The third kappa shape index (κ3) is 4.45. The summed E-state index contributed by atoms with van der Waals surface area (Å²) in [6, 6.07) is 13.4. The molecule has 8 nitrogen and oxygen atoms in total. The molecule has 2 aromatic rings. The largest absolute Gasteiger partial charge is 0.491 e. The van der Waals surface area contributed by atoms with E-state index in [2.05, 4.69) is 10.6 Å². The van der Waals surface area contributed by atoms with Crippen molar-refractivity contribution in [2.75, 3.05) is 26.7 Å². The molecular weight excluding hydrogens is 446 g/mol. The Morgan fingerprint density at radius 1 is 1.03 bits per heavy atom. The zero-order chi connectivity index (χ0) is 24.9. The number of hydrogen-bond donors (Lipinski definition) is 2. The van der Waals surface area contributed by atoms with E-state index in [1.54, 1.807) is 18.0 Å². The zero-order valence-corrected chi connectivity index (χ0v) is 20.5. The summed E-state index contributed by atoms with van der Waals surface area (Å²) in [7, 11) is 1.56. The standard InChI is InChI=1S/C27H31N3O5/c1-27(2,3)35-26(33)30-12-19-20(13-30)22(19)29-24(31)16-10-17-21(15-8-6-5-7-9-15)14-34-23(17)18(11-16)25(32)28-4/h5-11,19-22H,12-14H2,1-4H3,(H,28,32)(H,29,31)/t19-,20+,21?,22+. The van der Waals surface area contributed by atoms with Gasteiger partial charge in [-0.3, -0.25) is 9.59 Å². The van der Waals surface area contributed by atoms with Gasteiger partial charge in [0, 0.05) is 55.1 Å². The molecule has 2 N–H and O–H groups in total. The van der Waals surface area contributed by atoms with E-state index < -0.39 is 5.60 Å². The van der Waals surface area contributed by atoms with Gasteiger partial charge in [-0.2, -0.15) is 0 Å². The molecule has 0 radical (unpaired) electrons. The molecule has 3 aliphatic rings. The van der Waals surface area contributed by atoms with Crippen LogP contribution in [0, 0.1) is 11.8 Å². The van der Waals surface area contributed by atoms with Gasteiger partial charge in [-0.05, 0) is 38.5 Å². The van der Waals surface area contributed by atoms with Crippen molar-refractivity contribution in [3.8, 4) is 5.75 Å². The fourth-order valence-electron chi connectivity index (χ4n) is 5.17. The Bertz CT molecular complexity index is 1160. The van der Waals surface area contributed by atoms with Crippen LogP contribution < -0.4 is 15.4 Å². The van der Waals surface area contributed by atoms with Gasteiger partial charge in [0.1, 0.15) is 11.4 Å². The molecule has 0 aromatic heterocycles. The average Bonchev–Trinajstić information content (AvgIpc) is 3.18. The van der Waals surface area contributed by atoms with E-state index in [1.165, 1.54) is 0 Å². The third-order valence-electron chi connectivity index (χ3n) is 6.97. The Morgan fingerprint density at radius 3 is 2.34 bits per heavy atom. The van der Waals surface area contributed by atoms with Crippen LogP contribution in [0.5, 0.6) is 5.75 Å². The maximum Gasteiger partial charge on any atom is 0.410 e. The molecule has 5 rings (SSSR count). The number of likely N-dealkylation sites (tertiary alicyclic amines) is 1. The van der Waals surface area contributed by atoms with Gasteiger partial charge >= 0.3 is 6.09 Å². The number of piperidine rings is 1. The maximum atomic E-state index is 13.2. The van der Waals surface area contributed by atoms with Crippen molar-refractivity contribution >= 4 is 17.9 Å². The van der Waals surface area contributed by atoms with Crippen LogP contribution in [0.1, 0.15) is 58.5 Å². The molecule has 1 saturated carbocycles. The highest BCUT2D eigenvalue weighted by atomic mass is 16.6. The molecular formula is C27H31N3O5. The van der Waals surface area contributed by atoms with Crippen LogP contribution in [0.4, 0.5) is 4.79 Å². The van der Waals surface area contributed by atoms with Gasteiger partial charge in [-0.15, -0.1) is 0 Å². The number of amides is 3. The van der Waals surface area contributed by atoms with Crippen LogP contribution in [0.25, 0.3) is 0 Å². The molecule has 0 bridgehead atoms. The average molecular weight is 478 g/mol. The number of nitrogens with zero attached hydrogens (tertiary/aromatic N) is 1. The molecule has 2 aromatic carbocycles. The van der Waals surface area contributed by atoms with Crippen molar-refractivity contribution in [1.29, 1.82) is 0 Å². The molecule has 184 valence electrons. The van der Waals surface area contributed by atoms with Crippen LogP contribution in [0.15, 0.2) is 42.5 Å². The lowest BCUT2D eigenvalue weighted by Crippen LogP contribution is -2.40. The maximum absolute atomic E-state index is 13.2. The first kappa shape index (κ1) is 23.2. The molecule has 4 atom stereocenters. The Kier molecular flexibility index (Phi) is 5.69. The van der Waals surface area contributed by atoms with Gasteiger partial charge in [0.25, 0.3) is 11.8 Å². The SMILES string of the molecule is CNC(=O)c1cc(C(=O)N[C@H]2[C@@H]3CN(C(=O)OC(C)(C)C)C[C@@H]32)cc2c1OCC2c1ccccc1. The van der Waals surface area contributed by atoms with Crippen molar-refractivity contribution in [3.05, 3.63) is 64.7 Å². The molecule has 3 amide bonds. The van der Waals surface area contributed by atoms with Gasteiger partial charge in [0.05, 0.1) is 12.2 Å². The van der Waals surface area contributed by atoms with Crippen molar-refractivity contribution in [2.45, 2.75) is 38.3 Å². The topological polar surface area (TPSA) is 97.0 Å². The predicted molar refractivity (Wildman–Crippen MR) is 130 cm³/mol. The lowest BCUT2D eigenvalue weighted by molar-refractivity contribution is 0.0269. The summed E-state index contributed by atoms with van der Waals surface area (Å²) in [5.74, 6) is 0.413. The van der Waals surface area contributed by atoms with E-state index in [1.807, 2.05) is 57.2 Å². The first-order chi connectivity index (χ1) is 16.7. The number of carbonyl (C=O) groups is 3. The van der Waals surface area contributed by atoms with Crippen LogP contribution in [-0.4, -0.2) is 61.2 Å². The van der Waals surface area contributed by atoms with Gasteiger partial charge in [0.2, 0.25) is 0 Å². The molecule has 1 aliphatic carbocycles. The number of nitrogens with one attached hydrogen (secondary N) is 2. The van der Waals surface area contributed by atoms with Gasteiger partial charge in [-0.1, -0.05) is 30.3 Å². The summed E-state index contributed by atoms with van der Waals surface area (Å²) in [4.78, 5) is 39.9. The Morgan fingerprint density at radius 2 is 1.71 bits per heavy atom. The number of rotatable bonds is 4. The minimum atomic E-state index is -0.533. The fourth-order valence-corrected chi connectivity index (χ4v) is 5.17. The van der Waals surface area contributed by atoms with Crippen LogP contribution >= 0.6 is 0 Å². The van der Waals surface area contributed by atoms with Crippen LogP contribution in [0.3, 0.4) is 0 Å². The van der Waals surface area contributed by atoms with Crippen LogP contribution in [0.2, 0.25) is 0 Å². The summed E-state index contributed by atoms with van der Waals surface area (Å²) in [6.07, 6.45) is -0.310. The highest BCUT2D eigenvalue weighted by Gasteiger charge is 2.58. The number of carbonyl (C=O) groups excluding carboxylic acids is 3. The number of benzene rings is 2. The summed E-state index contributed by atoms with van der Waals surface area (Å²) < 4.78 is 11.4. The first-order valence-corrected chi connectivity index (χ1v) is 12.0. The predicted octanol–water partition coefficient (Wildman–Crippen LogP) is 3.17. The fraction of sp³-hybridized carbons (Fsp3) is 0.444. The smallest absolute Gasteiger partial charge is 0.410 e. The zero-order valence-electron chi connectivity index (χ0n) is 20.5. The molecule has 0 spiro atoms. The van der Waals surface area contributed by atoms with E-state index in [-0.39, 0.29) is 41.7 Å². The van der Waals surface area contributed by atoms with Crippen molar-refractivity contribution in [1.82, 2.24) is 15.5 Å². The lowest BCUT2D eigenvalue weighted by atomic mass is 9.90. The van der Waals surface area contributed by atoms with E-state index in [0.29, 0.717) is 36.6 Å². The second-order valence-corrected chi connectivity index (χ2v) is 10.5. The van der Waals surface area contributed by atoms with Crippen molar-refractivity contribution in [2.24, 2.45) is 11.8 Å². The number of hydrogen-bond acceptors (Lipinski definition) is 5. The summed E-state index contributed by atoms with van der Waals surface area (Å²) >= 11 is 0. The van der Waals surface area contributed by atoms with Crippen LogP contribution in [-0.2, 0) is 4.74 Å². The molecule has 1 unspecified atom stereocenters. The highest BCUT2D eigenvalue weighted by Crippen LogP contribution is 2.46. The Balaban J connectivity index is 1.32. The van der Waals surface area contributed by atoms with E-state index in [0.717, 1.165) is 11.1 Å². The summed E-state index contributed by atoms with van der Waals surface area (Å²) in [5.41, 5.74) is 2.18. The Labute approximate surface area is 205 Å². The molecule has 1 saturated heterocycles. The summed E-state index contributed by atoms with van der Waals surface area (Å²) in [5, 5.41) is 5.77. The quantitative estimate of drug-likeness (QED) is 0.705. The minimum absolute atomic E-state index is 0.0130. The minimum Gasteiger partial charge on any atom is -0.491 e. The van der Waals surface area contributed by atoms with Gasteiger partial charge in [-0.25, -0.2) is 4.79 Å². The highest BCUT2D eigenvalue weighted by molar-refractivity contribution is 6.02. The van der Waals surface area contributed by atoms with Crippen molar-refractivity contribution in [3.63, 3.8) is 0 Å². The van der Waals surface area contributed by atoms with E-state index >= 15 is 0 Å². The molecule has 2 aliphatic heterocycles. The molecule has 8 heteroatoms. The molecule has 35 heavy (non-hydrogen) atoms. The number of ether oxygens (including phenoxy) is 2.